The number of benzene rings is 1. The van der Waals surface area contributed by atoms with E-state index in [9.17, 15) is 13.2 Å². The fourth-order valence-electron chi connectivity index (χ4n) is 2.61. The third kappa shape index (κ3) is 5.02. The van der Waals surface area contributed by atoms with Crippen molar-refractivity contribution in [1.29, 1.82) is 0 Å². The van der Waals surface area contributed by atoms with Crippen molar-refractivity contribution >= 4 is 15.7 Å². The first kappa shape index (κ1) is 16.8. The normalized spacial score (nSPS) is 22.1. The quantitative estimate of drug-likeness (QED) is 0.900. The molecule has 0 aliphatic heterocycles. The van der Waals surface area contributed by atoms with Crippen LogP contribution in [0.1, 0.15) is 32.6 Å². The highest BCUT2D eigenvalue weighted by Gasteiger charge is 2.19. The maximum absolute atomic E-state index is 11.9. The van der Waals surface area contributed by atoms with Gasteiger partial charge in [0.1, 0.15) is 5.75 Å². The molecule has 0 spiro atoms. The van der Waals surface area contributed by atoms with Gasteiger partial charge in [-0.3, -0.25) is 4.79 Å². The molecule has 1 aromatic rings. The number of hydrogen-bond donors (Lipinski definition) is 1. The minimum Gasteiger partial charge on any atom is -0.484 e. The van der Waals surface area contributed by atoms with Gasteiger partial charge in [-0.05, 0) is 55.9 Å². The van der Waals surface area contributed by atoms with Gasteiger partial charge in [0.15, 0.2) is 16.4 Å². The molecule has 122 valence electrons. The monoisotopic (exact) mass is 325 g/mol. The number of rotatable bonds is 5. The van der Waals surface area contributed by atoms with E-state index in [2.05, 4.69) is 12.2 Å². The Morgan fingerprint density at radius 2 is 1.77 bits per heavy atom. The van der Waals surface area contributed by atoms with Crippen molar-refractivity contribution in [2.24, 2.45) is 5.92 Å². The number of amides is 1. The lowest BCUT2D eigenvalue weighted by Gasteiger charge is -2.26. The molecule has 1 amide bonds. The summed E-state index contributed by atoms with van der Waals surface area (Å²) in [7, 11) is -3.21. The number of hydrogen-bond acceptors (Lipinski definition) is 4. The molecule has 6 heteroatoms. The van der Waals surface area contributed by atoms with Crippen LogP contribution in [-0.4, -0.2) is 33.2 Å². The number of nitrogens with one attached hydrogen (secondary N) is 1. The molecule has 0 bridgehead atoms. The van der Waals surface area contributed by atoms with Crippen LogP contribution in [0.25, 0.3) is 0 Å². The van der Waals surface area contributed by atoms with Gasteiger partial charge < -0.3 is 10.1 Å². The summed E-state index contributed by atoms with van der Waals surface area (Å²) in [6.07, 6.45) is 5.50. The van der Waals surface area contributed by atoms with Gasteiger partial charge in [0.05, 0.1) is 4.90 Å². The molecular formula is C16H23NO4S. The molecule has 1 aromatic carbocycles. The predicted molar refractivity (Wildman–Crippen MR) is 84.6 cm³/mol. The summed E-state index contributed by atoms with van der Waals surface area (Å²) in [5.74, 6) is 1.10. The lowest BCUT2D eigenvalue weighted by Crippen LogP contribution is -2.39. The molecule has 1 fully saturated rings. The van der Waals surface area contributed by atoms with Crippen LogP contribution in [0.3, 0.4) is 0 Å². The summed E-state index contributed by atoms with van der Waals surface area (Å²) >= 11 is 0. The van der Waals surface area contributed by atoms with Crippen LogP contribution in [-0.2, 0) is 14.6 Å². The summed E-state index contributed by atoms with van der Waals surface area (Å²) in [6.45, 7) is 2.19. The van der Waals surface area contributed by atoms with Crippen LogP contribution in [0.2, 0.25) is 0 Å². The summed E-state index contributed by atoms with van der Waals surface area (Å²) in [4.78, 5) is 12.1. The molecular weight excluding hydrogens is 302 g/mol. The highest BCUT2D eigenvalue weighted by Crippen LogP contribution is 2.23. The minimum atomic E-state index is -3.21. The number of sulfone groups is 1. The van der Waals surface area contributed by atoms with E-state index < -0.39 is 9.84 Å². The highest BCUT2D eigenvalue weighted by molar-refractivity contribution is 7.90. The molecule has 0 radical (unpaired) electrons. The van der Waals surface area contributed by atoms with E-state index in [1.54, 1.807) is 12.1 Å². The zero-order valence-electron chi connectivity index (χ0n) is 13.0. The van der Waals surface area contributed by atoms with Gasteiger partial charge in [-0.15, -0.1) is 0 Å². The van der Waals surface area contributed by atoms with Crippen molar-refractivity contribution in [3.8, 4) is 5.75 Å². The Morgan fingerprint density at radius 1 is 1.18 bits per heavy atom. The second-order valence-electron chi connectivity index (χ2n) is 6.06. The average Bonchev–Trinajstić information content (AvgIpc) is 2.47. The fraction of sp³-hybridized carbons (Fsp3) is 0.562. The summed E-state index contributed by atoms with van der Waals surface area (Å²) in [5.41, 5.74) is 0. The molecule has 2 rings (SSSR count). The SMILES string of the molecule is CC1CCC(NC(=O)COc2ccc(S(C)(=O)=O)cc2)CC1. The Labute approximate surface area is 132 Å². The average molecular weight is 325 g/mol. The highest BCUT2D eigenvalue weighted by atomic mass is 32.2. The fourth-order valence-corrected chi connectivity index (χ4v) is 3.24. The van der Waals surface area contributed by atoms with Crippen molar-refractivity contribution < 1.29 is 17.9 Å². The van der Waals surface area contributed by atoms with Crippen LogP contribution < -0.4 is 10.1 Å². The zero-order chi connectivity index (χ0) is 16.2. The molecule has 5 nitrogen and oxygen atoms in total. The molecule has 1 aliphatic carbocycles. The van der Waals surface area contributed by atoms with Crippen molar-refractivity contribution in [3.05, 3.63) is 24.3 Å². The second kappa shape index (κ2) is 7.13. The van der Waals surface area contributed by atoms with E-state index in [0.717, 1.165) is 37.9 Å². The maximum atomic E-state index is 11.9. The van der Waals surface area contributed by atoms with E-state index in [1.807, 2.05) is 0 Å². The van der Waals surface area contributed by atoms with Crippen LogP contribution >= 0.6 is 0 Å². The van der Waals surface area contributed by atoms with Gasteiger partial charge in [0, 0.05) is 12.3 Å². The van der Waals surface area contributed by atoms with Gasteiger partial charge in [0.25, 0.3) is 5.91 Å². The molecule has 1 saturated carbocycles. The Bertz CT molecular complexity index is 602. The maximum Gasteiger partial charge on any atom is 0.258 e. The van der Waals surface area contributed by atoms with E-state index in [4.69, 9.17) is 4.74 Å². The molecule has 0 aromatic heterocycles. The van der Waals surface area contributed by atoms with Gasteiger partial charge in [-0.2, -0.15) is 0 Å². The van der Waals surface area contributed by atoms with E-state index in [-0.39, 0.29) is 23.5 Å². The summed E-state index contributed by atoms with van der Waals surface area (Å²) in [6, 6.07) is 6.33. The number of carbonyl (C=O) groups is 1. The Balaban J connectivity index is 1.79. The van der Waals surface area contributed by atoms with Crippen LogP contribution in [0, 0.1) is 5.92 Å². The summed E-state index contributed by atoms with van der Waals surface area (Å²) < 4.78 is 28.1. The topological polar surface area (TPSA) is 72.5 Å². The van der Waals surface area contributed by atoms with Crippen molar-refractivity contribution in [2.45, 2.75) is 43.5 Å². The van der Waals surface area contributed by atoms with Crippen molar-refractivity contribution in [2.75, 3.05) is 12.9 Å². The third-order valence-corrected chi connectivity index (χ3v) is 5.13. The Kier molecular flexibility index (Phi) is 5.45. The van der Waals surface area contributed by atoms with Gasteiger partial charge in [0.2, 0.25) is 0 Å². The first-order valence-electron chi connectivity index (χ1n) is 7.57. The molecule has 1 aliphatic rings. The molecule has 22 heavy (non-hydrogen) atoms. The van der Waals surface area contributed by atoms with Gasteiger partial charge in [-0.1, -0.05) is 6.92 Å². The Hall–Kier alpha value is -1.56. The van der Waals surface area contributed by atoms with E-state index in [0.29, 0.717) is 5.75 Å². The van der Waals surface area contributed by atoms with Crippen LogP contribution in [0.4, 0.5) is 0 Å². The van der Waals surface area contributed by atoms with Crippen molar-refractivity contribution in [1.82, 2.24) is 5.32 Å². The largest absolute Gasteiger partial charge is 0.484 e. The van der Waals surface area contributed by atoms with Gasteiger partial charge >= 0.3 is 0 Å². The summed E-state index contributed by atoms with van der Waals surface area (Å²) in [5, 5.41) is 2.99. The Morgan fingerprint density at radius 3 is 2.32 bits per heavy atom. The first-order chi connectivity index (χ1) is 10.3. The molecule has 0 unspecified atom stereocenters. The first-order valence-corrected chi connectivity index (χ1v) is 9.46. The van der Waals surface area contributed by atoms with Crippen molar-refractivity contribution in [3.63, 3.8) is 0 Å². The van der Waals surface area contributed by atoms with Crippen LogP contribution in [0.15, 0.2) is 29.2 Å². The lowest BCUT2D eigenvalue weighted by atomic mass is 9.87. The second-order valence-corrected chi connectivity index (χ2v) is 8.07. The third-order valence-electron chi connectivity index (χ3n) is 4.00. The molecule has 1 N–H and O–H groups in total. The molecule has 0 atom stereocenters. The zero-order valence-corrected chi connectivity index (χ0v) is 13.9. The molecule has 0 saturated heterocycles. The predicted octanol–water partition coefficient (Wildman–Crippen LogP) is 2.16. The van der Waals surface area contributed by atoms with E-state index in [1.165, 1.54) is 12.1 Å². The van der Waals surface area contributed by atoms with Crippen LogP contribution in [0.5, 0.6) is 5.75 Å². The van der Waals surface area contributed by atoms with E-state index >= 15 is 0 Å². The lowest BCUT2D eigenvalue weighted by molar-refractivity contribution is -0.124. The van der Waals surface area contributed by atoms with Gasteiger partial charge in [-0.25, -0.2) is 8.42 Å². The standard InChI is InChI=1S/C16H23NO4S/c1-12-3-5-13(6-4-12)17-16(18)11-21-14-7-9-15(10-8-14)22(2,19)20/h7-10,12-13H,3-6,11H2,1-2H3,(H,17,18). The molecule has 0 heterocycles. The smallest absolute Gasteiger partial charge is 0.258 e. The minimum absolute atomic E-state index is 0.0513. The number of carbonyl (C=O) groups excluding carboxylic acids is 1. The number of ether oxygens (including phenoxy) is 1.